The van der Waals surface area contributed by atoms with Gasteiger partial charge in [0, 0.05) is 38.4 Å². The lowest BCUT2D eigenvalue weighted by Gasteiger charge is -2.36. The van der Waals surface area contributed by atoms with Gasteiger partial charge in [-0.05, 0) is 19.9 Å². The molecule has 0 spiro atoms. The number of halogens is 2. The summed E-state index contributed by atoms with van der Waals surface area (Å²) < 4.78 is 31.7. The number of hydrogen-bond acceptors (Lipinski definition) is 3. The van der Waals surface area contributed by atoms with Crippen LogP contribution >= 0.6 is 0 Å². The molecule has 6 heteroatoms. The van der Waals surface area contributed by atoms with E-state index in [-0.39, 0.29) is 30.8 Å². The van der Waals surface area contributed by atoms with E-state index in [0.29, 0.717) is 39.1 Å². The van der Waals surface area contributed by atoms with Gasteiger partial charge in [0.2, 0.25) is 11.8 Å². The van der Waals surface area contributed by atoms with Crippen LogP contribution in [0.5, 0.6) is 0 Å². The third-order valence-corrected chi connectivity index (χ3v) is 3.95. The van der Waals surface area contributed by atoms with E-state index >= 15 is 0 Å². The van der Waals surface area contributed by atoms with Gasteiger partial charge in [0.15, 0.2) is 0 Å². The van der Waals surface area contributed by atoms with E-state index in [1.165, 1.54) is 0 Å². The molecule has 19 heavy (non-hydrogen) atoms. The molecule has 110 valence electrons. The molecule has 1 atom stereocenters. The second-order valence-corrected chi connectivity index (χ2v) is 5.46. The Bertz CT molecular complexity index is 314. The highest BCUT2D eigenvalue weighted by molar-refractivity contribution is 5.79. The quantitative estimate of drug-likeness (QED) is 0.844. The molecule has 0 bridgehead atoms. The van der Waals surface area contributed by atoms with Crippen molar-refractivity contribution in [3.05, 3.63) is 0 Å². The van der Waals surface area contributed by atoms with Crippen LogP contribution in [0, 0.1) is 5.92 Å². The SMILES string of the molecule is CNCC1CN(C(=O)C2CCC(F)(F)CC2)CCO1. The van der Waals surface area contributed by atoms with Gasteiger partial charge in [0.05, 0.1) is 12.7 Å². The lowest BCUT2D eigenvalue weighted by molar-refractivity contribution is -0.146. The topological polar surface area (TPSA) is 41.6 Å². The standard InChI is InChI=1S/C13H22F2N2O2/c1-16-8-11-9-17(6-7-19-11)12(18)10-2-4-13(14,15)5-3-10/h10-11,16H,2-9H2,1H3. The van der Waals surface area contributed by atoms with Crippen LogP contribution in [-0.2, 0) is 9.53 Å². The summed E-state index contributed by atoms with van der Waals surface area (Å²) >= 11 is 0. The van der Waals surface area contributed by atoms with E-state index in [1.807, 2.05) is 7.05 Å². The summed E-state index contributed by atoms with van der Waals surface area (Å²) in [6.07, 6.45) is 0.300. The van der Waals surface area contributed by atoms with Crippen LogP contribution in [0.3, 0.4) is 0 Å². The van der Waals surface area contributed by atoms with E-state index in [2.05, 4.69) is 5.32 Å². The van der Waals surface area contributed by atoms with Crippen LogP contribution in [0.1, 0.15) is 25.7 Å². The maximum Gasteiger partial charge on any atom is 0.248 e. The number of amides is 1. The van der Waals surface area contributed by atoms with E-state index in [4.69, 9.17) is 4.74 Å². The van der Waals surface area contributed by atoms with Crippen LogP contribution < -0.4 is 5.32 Å². The lowest BCUT2D eigenvalue weighted by atomic mass is 9.85. The molecule has 1 saturated carbocycles. The molecule has 1 amide bonds. The minimum Gasteiger partial charge on any atom is -0.373 e. The Kier molecular flexibility index (Phi) is 4.73. The minimum absolute atomic E-state index is 0.00716. The number of morpholine rings is 1. The van der Waals surface area contributed by atoms with Gasteiger partial charge in [0.25, 0.3) is 0 Å². The Balaban J connectivity index is 1.85. The molecule has 0 aromatic rings. The maximum atomic E-state index is 13.1. The van der Waals surface area contributed by atoms with Gasteiger partial charge < -0.3 is 15.0 Å². The zero-order chi connectivity index (χ0) is 13.9. The molecular weight excluding hydrogens is 254 g/mol. The second kappa shape index (κ2) is 6.13. The molecule has 0 aromatic carbocycles. The number of carbonyl (C=O) groups excluding carboxylic acids is 1. The van der Waals surface area contributed by atoms with Crippen molar-refractivity contribution >= 4 is 5.91 Å². The van der Waals surface area contributed by atoms with Crippen molar-refractivity contribution in [2.45, 2.75) is 37.7 Å². The van der Waals surface area contributed by atoms with Crippen LogP contribution in [0.15, 0.2) is 0 Å². The molecule has 4 nitrogen and oxygen atoms in total. The van der Waals surface area contributed by atoms with E-state index < -0.39 is 5.92 Å². The molecule has 1 aliphatic carbocycles. The number of nitrogens with zero attached hydrogens (tertiary/aromatic N) is 1. The number of hydrogen-bond donors (Lipinski definition) is 1. The van der Waals surface area contributed by atoms with Crippen LogP contribution in [0.4, 0.5) is 8.78 Å². The molecule has 2 rings (SSSR count). The summed E-state index contributed by atoms with van der Waals surface area (Å²) in [5.74, 6) is -2.77. The Hall–Kier alpha value is -0.750. The number of carbonyl (C=O) groups is 1. The van der Waals surface area contributed by atoms with Crippen LogP contribution in [-0.4, -0.2) is 56.1 Å². The van der Waals surface area contributed by atoms with Crippen molar-refractivity contribution in [2.24, 2.45) is 5.92 Å². The Morgan fingerprint density at radius 3 is 2.74 bits per heavy atom. The number of ether oxygens (including phenoxy) is 1. The van der Waals surface area contributed by atoms with E-state index in [1.54, 1.807) is 4.90 Å². The second-order valence-electron chi connectivity index (χ2n) is 5.46. The first kappa shape index (κ1) is 14.7. The molecule has 1 unspecified atom stereocenters. The van der Waals surface area contributed by atoms with Crippen molar-refractivity contribution in [2.75, 3.05) is 33.3 Å². The predicted molar refractivity (Wildman–Crippen MR) is 67.2 cm³/mol. The monoisotopic (exact) mass is 276 g/mol. The van der Waals surface area contributed by atoms with Gasteiger partial charge in [-0.15, -0.1) is 0 Å². The first-order chi connectivity index (χ1) is 9.02. The summed E-state index contributed by atoms with van der Waals surface area (Å²) in [7, 11) is 1.84. The van der Waals surface area contributed by atoms with Crippen molar-refractivity contribution in [3.8, 4) is 0 Å². The van der Waals surface area contributed by atoms with Gasteiger partial charge in [-0.3, -0.25) is 4.79 Å². The molecular formula is C13H22F2N2O2. The largest absolute Gasteiger partial charge is 0.373 e. The minimum atomic E-state index is -2.57. The van der Waals surface area contributed by atoms with Crippen LogP contribution in [0.2, 0.25) is 0 Å². The summed E-state index contributed by atoms with van der Waals surface area (Å²) in [6, 6.07) is 0. The smallest absolute Gasteiger partial charge is 0.248 e. The highest BCUT2D eigenvalue weighted by Gasteiger charge is 2.39. The third kappa shape index (κ3) is 3.86. The summed E-state index contributed by atoms with van der Waals surface area (Å²) in [5.41, 5.74) is 0. The zero-order valence-electron chi connectivity index (χ0n) is 11.3. The molecule has 1 heterocycles. The fourth-order valence-electron chi connectivity index (χ4n) is 2.82. The van der Waals surface area contributed by atoms with Crippen molar-refractivity contribution in [1.82, 2.24) is 10.2 Å². The first-order valence-electron chi connectivity index (χ1n) is 6.94. The number of rotatable bonds is 3. The third-order valence-electron chi connectivity index (χ3n) is 3.95. The highest BCUT2D eigenvalue weighted by Crippen LogP contribution is 2.36. The Labute approximate surface area is 112 Å². The molecule has 2 aliphatic rings. The van der Waals surface area contributed by atoms with Crippen molar-refractivity contribution in [3.63, 3.8) is 0 Å². The fraction of sp³-hybridized carbons (Fsp3) is 0.923. The summed E-state index contributed by atoms with van der Waals surface area (Å²) in [4.78, 5) is 14.1. The molecule has 1 saturated heterocycles. The van der Waals surface area contributed by atoms with E-state index in [9.17, 15) is 13.6 Å². The van der Waals surface area contributed by atoms with Crippen LogP contribution in [0.25, 0.3) is 0 Å². The predicted octanol–water partition coefficient (Wildman–Crippen LogP) is 1.26. The fourth-order valence-corrected chi connectivity index (χ4v) is 2.82. The average molecular weight is 276 g/mol. The lowest BCUT2D eigenvalue weighted by Crippen LogP contribution is -2.50. The molecule has 1 N–H and O–H groups in total. The van der Waals surface area contributed by atoms with Gasteiger partial charge in [-0.25, -0.2) is 8.78 Å². The summed E-state index contributed by atoms with van der Waals surface area (Å²) in [6.45, 7) is 2.37. The highest BCUT2D eigenvalue weighted by atomic mass is 19.3. The van der Waals surface area contributed by atoms with Crippen molar-refractivity contribution < 1.29 is 18.3 Å². The first-order valence-corrected chi connectivity index (χ1v) is 6.94. The number of nitrogens with one attached hydrogen (secondary N) is 1. The Morgan fingerprint density at radius 2 is 2.11 bits per heavy atom. The Morgan fingerprint density at radius 1 is 1.42 bits per heavy atom. The van der Waals surface area contributed by atoms with E-state index in [0.717, 1.165) is 0 Å². The number of alkyl halides is 2. The number of likely N-dealkylation sites (N-methyl/N-ethyl adjacent to an activating group) is 1. The van der Waals surface area contributed by atoms with Gasteiger partial charge in [0.1, 0.15) is 0 Å². The zero-order valence-corrected chi connectivity index (χ0v) is 11.3. The molecule has 0 radical (unpaired) electrons. The molecule has 0 aromatic heterocycles. The van der Waals surface area contributed by atoms with Gasteiger partial charge >= 0.3 is 0 Å². The van der Waals surface area contributed by atoms with Crippen molar-refractivity contribution in [1.29, 1.82) is 0 Å². The maximum absolute atomic E-state index is 13.1. The summed E-state index contributed by atoms with van der Waals surface area (Å²) in [5, 5.41) is 3.03. The van der Waals surface area contributed by atoms with Gasteiger partial charge in [-0.2, -0.15) is 0 Å². The van der Waals surface area contributed by atoms with Gasteiger partial charge in [-0.1, -0.05) is 0 Å². The average Bonchev–Trinajstić information content (AvgIpc) is 2.39. The molecule has 1 aliphatic heterocycles. The normalized spacial score (nSPS) is 28.4. The molecule has 2 fully saturated rings.